The summed E-state index contributed by atoms with van der Waals surface area (Å²) in [5.74, 6) is -3.50. The van der Waals surface area contributed by atoms with Crippen molar-refractivity contribution >= 4 is 23.4 Å². The predicted molar refractivity (Wildman–Crippen MR) is 163 cm³/mol. The summed E-state index contributed by atoms with van der Waals surface area (Å²) in [6.45, 7) is 0.481. The minimum atomic E-state index is -1.05. The highest BCUT2D eigenvalue weighted by Gasteiger charge is 2.47. The third-order valence-electron chi connectivity index (χ3n) is 7.90. The fourth-order valence-corrected chi connectivity index (χ4v) is 5.56. The molecule has 0 saturated carbocycles. The first-order chi connectivity index (χ1) is 21.4. The van der Waals surface area contributed by atoms with Gasteiger partial charge in [0, 0.05) is 23.9 Å². The van der Waals surface area contributed by atoms with Crippen LogP contribution in [0.2, 0.25) is 0 Å². The number of rotatable bonds is 13. The summed E-state index contributed by atoms with van der Waals surface area (Å²) in [6.07, 6.45) is 0.0759. The van der Waals surface area contributed by atoms with Crippen LogP contribution in [0.15, 0.2) is 109 Å². The largest absolute Gasteiger partial charge is 0.489 e. The third kappa shape index (κ3) is 7.50. The van der Waals surface area contributed by atoms with Crippen molar-refractivity contribution in [2.45, 2.75) is 31.4 Å². The van der Waals surface area contributed by atoms with Crippen molar-refractivity contribution in [1.82, 2.24) is 0 Å². The first-order valence-corrected chi connectivity index (χ1v) is 14.5. The van der Waals surface area contributed by atoms with Crippen molar-refractivity contribution in [3.8, 4) is 5.75 Å². The van der Waals surface area contributed by atoms with Crippen LogP contribution in [0.4, 0.5) is 10.1 Å². The topological polar surface area (TPSA) is 90.9 Å². The summed E-state index contributed by atoms with van der Waals surface area (Å²) in [6, 6.07) is 31.6. The molecule has 226 valence electrons. The molecule has 1 fully saturated rings. The van der Waals surface area contributed by atoms with Gasteiger partial charge in [0.05, 0.1) is 19.8 Å². The van der Waals surface area contributed by atoms with Crippen LogP contribution >= 0.6 is 0 Å². The minimum Gasteiger partial charge on any atom is -0.489 e. The molecular formula is C36H34FNO6. The number of methoxy groups -OCH3 is 1. The lowest BCUT2D eigenvalue weighted by atomic mass is 9.76. The molecule has 0 amide bonds. The lowest BCUT2D eigenvalue weighted by Crippen LogP contribution is -2.36. The SMILES string of the molecule is COC(=O)CC[C@@H](C(=O)C1C(=O)OC[C@@H]1c1ccccc1)[C@H](Nc1ccc(F)cc1)c1ccc(OCc2ccccc2)cc1. The van der Waals surface area contributed by atoms with Gasteiger partial charge in [0.2, 0.25) is 0 Å². The second kappa shape index (κ2) is 14.5. The summed E-state index contributed by atoms with van der Waals surface area (Å²) < 4.78 is 30.1. The van der Waals surface area contributed by atoms with Gasteiger partial charge in [-0.2, -0.15) is 0 Å². The number of carbonyl (C=O) groups is 3. The summed E-state index contributed by atoms with van der Waals surface area (Å²) in [5, 5.41) is 3.38. The molecule has 0 radical (unpaired) electrons. The first-order valence-electron chi connectivity index (χ1n) is 14.5. The van der Waals surface area contributed by atoms with Gasteiger partial charge in [-0.1, -0.05) is 72.8 Å². The first kappa shape index (κ1) is 30.5. The average molecular weight is 596 g/mol. The van der Waals surface area contributed by atoms with E-state index in [-0.39, 0.29) is 25.2 Å². The van der Waals surface area contributed by atoms with E-state index in [0.29, 0.717) is 18.0 Å². The number of nitrogens with one attached hydrogen (secondary N) is 1. The van der Waals surface area contributed by atoms with Crippen molar-refractivity contribution in [2.24, 2.45) is 11.8 Å². The van der Waals surface area contributed by atoms with Crippen molar-refractivity contribution in [2.75, 3.05) is 19.0 Å². The zero-order valence-corrected chi connectivity index (χ0v) is 24.4. The molecule has 0 spiro atoms. The molecule has 8 heteroatoms. The molecular weight excluding hydrogens is 561 g/mol. The fraction of sp³-hybridized carbons (Fsp3) is 0.250. The molecule has 7 nitrogen and oxygen atoms in total. The number of hydrogen-bond donors (Lipinski definition) is 1. The minimum absolute atomic E-state index is 0.0372. The third-order valence-corrected chi connectivity index (χ3v) is 7.90. The van der Waals surface area contributed by atoms with Crippen LogP contribution in [0, 0.1) is 17.7 Å². The fourth-order valence-electron chi connectivity index (χ4n) is 5.56. The Labute approximate surface area is 256 Å². The normalized spacial score (nSPS) is 17.3. The van der Waals surface area contributed by atoms with E-state index in [0.717, 1.165) is 16.7 Å². The lowest BCUT2D eigenvalue weighted by Gasteiger charge is -2.31. The van der Waals surface area contributed by atoms with Crippen molar-refractivity contribution in [3.63, 3.8) is 0 Å². The van der Waals surface area contributed by atoms with E-state index in [2.05, 4.69) is 5.32 Å². The zero-order chi connectivity index (χ0) is 30.9. The molecule has 1 heterocycles. The Hall–Kier alpha value is -4.98. The maximum atomic E-state index is 14.4. The molecule has 5 rings (SSSR count). The Balaban J connectivity index is 1.48. The standard InChI is InChI=1S/C36H34FNO6/c1-42-32(39)21-20-30(35(40)33-31(23-44-36(33)41)25-10-6-3-7-11-25)34(38-28-16-14-27(37)15-17-28)26-12-18-29(19-13-26)43-22-24-8-4-2-5-9-24/h2-19,30-31,33-34,38H,20-23H2,1H3/t30-,31-,33?,34-/m1/s1. The molecule has 1 aliphatic rings. The summed E-state index contributed by atoms with van der Waals surface area (Å²) >= 11 is 0. The molecule has 4 atom stereocenters. The van der Waals surface area contributed by atoms with Gasteiger partial charge in [0.15, 0.2) is 5.78 Å². The average Bonchev–Trinajstić information content (AvgIpc) is 3.46. The maximum absolute atomic E-state index is 14.4. The zero-order valence-electron chi connectivity index (χ0n) is 24.4. The molecule has 0 bridgehead atoms. The van der Waals surface area contributed by atoms with Crippen LogP contribution in [-0.2, 0) is 30.5 Å². The van der Waals surface area contributed by atoms with Crippen molar-refractivity contribution < 1.29 is 33.0 Å². The maximum Gasteiger partial charge on any atom is 0.317 e. The number of esters is 2. The van der Waals surface area contributed by atoms with Crippen LogP contribution in [0.3, 0.4) is 0 Å². The van der Waals surface area contributed by atoms with Gasteiger partial charge in [-0.25, -0.2) is 4.39 Å². The predicted octanol–water partition coefficient (Wildman–Crippen LogP) is 6.65. The monoisotopic (exact) mass is 595 g/mol. The Morgan fingerprint density at radius 3 is 2.23 bits per heavy atom. The van der Waals surface area contributed by atoms with E-state index in [1.165, 1.54) is 19.2 Å². The molecule has 1 saturated heterocycles. The quantitative estimate of drug-likeness (QED) is 0.137. The van der Waals surface area contributed by atoms with Crippen LogP contribution in [0.5, 0.6) is 5.75 Å². The molecule has 1 aliphatic heterocycles. The second-order valence-electron chi connectivity index (χ2n) is 10.7. The molecule has 1 N–H and O–H groups in total. The molecule has 44 heavy (non-hydrogen) atoms. The number of carbonyl (C=O) groups excluding carboxylic acids is 3. The number of anilines is 1. The Kier molecular flexibility index (Phi) is 10.0. The van der Waals surface area contributed by atoms with Gasteiger partial charge in [-0.05, 0) is 59.5 Å². The van der Waals surface area contributed by atoms with Gasteiger partial charge in [0.1, 0.15) is 24.1 Å². The molecule has 0 aliphatic carbocycles. The highest BCUT2D eigenvalue weighted by Crippen LogP contribution is 2.40. The number of ketones is 1. The summed E-state index contributed by atoms with van der Waals surface area (Å²) in [7, 11) is 1.29. The number of Topliss-reactive ketones (excluding diaryl/α,β-unsaturated/α-hetero) is 1. The Morgan fingerprint density at radius 2 is 1.57 bits per heavy atom. The molecule has 1 unspecified atom stereocenters. The molecule has 4 aromatic carbocycles. The lowest BCUT2D eigenvalue weighted by molar-refractivity contribution is -0.146. The van der Waals surface area contributed by atoms with Gasteiger partial charge in [-0.15, -0.1) is 0 Å². The number of ether oxygens (including phenoxy) is 3. The smallest absolute Gasteiger partial charge is 0.317 e. The van der Waals surface area contributed by atoms with Crippen molar-refractivity contribution in [3.05, 3.63) is 132 Å². The van der Waals surface area contributed by atoms with Crippen LogP contribution < -0.4 is 10.1 Å². The van der Waals surface area contributed by atoms with E-state index < -0.39 is 41.6 Å². The Bertz CT molecular complexity index is 1540. The van der Waals surface area contributed by atoms with Crippen LogP contribution in [-0.4, -0.2) is 31.4 Å². The van der Waals surface area contributed by atoms with E-state index in [4.69, 9.17) is 14.2 Å². The van der Waals surface area contributed by atoms with Crippen LogP contribution in [0.1, 0.15) is 41.5 Å². The number of halogens is 1. The highest BCUT2D eigenvalue weighted by atomic mass is 19.1. The highest BCUT2D eigenvalue weighted by molar-refractivity contribution is 6.03. The van der Waals surface area contributed by atoms with Gasteiger partial charge >= 0.3 is 11.9 Å². The van der Waals surface area contributed by atoms with E-state index in [1.807, 2.05) is 84.9 Å². The number of hydrogen-bond acceptors (Lipinski definition) is 7. The summed E-state index contributed by atoms with van der Waals surface area (Å²) in [5.41, 5.74) is 3.15. The van der Waals surface area contributed by atoms with Gasteiger partial charge in [0.25, 0.3) is 0 Å². The number of cyclic esters (lactones) is 1. The van der Waals surface area contributed by atoms with E-state index in [1.54, 1.807) is 12.1 Å². The van der Waals surface area contributed by atoms with Gasteiger partial charge in [-0.3, -0.25) is 14.4 Å². The second-order valence-corrected chi connectivity index (χ2v) is 10.7. The number of benzene rings is 4. The Morgan fingerprint density at radius 1 is 0.909 bits per heavy atom. The van der Waals surface area contributed by atoms with E-state index in [9.17, 15) is 18.8 Å². The summed E-state index contributed by atoms with van der Waals surface area (Å²) in [4.78, 5) is 39.8. The van der Waals surface area contributed by atoms with E-state index >= 15 is 0 Å². The van der Waals surface area contributed by atoms with Crippen molar-refractivity contribution in [1.29, 1.82) is 0 Å². The van der Waals surface area contributed by atoms with Gasteiger partial charge < -0.3 is 19.5 Å². The molecule has 4 aromatic rings. The molecule has 0 aromatic heterocycles. The van der Waals surface area contributed by atoms with Crippen LogP contribution in [0.25, 0.3) is 0 Å².